The summed E-state index contributed by atoms with van der Waals surface area (Å²) in [5.41, 5.74) is 0. The molecule has 1 rings (SSSR count). The van der Waals surface area contributed by atoms with Crippen molar-refractivity contribution in [3.8, 4) is 0 Å². The first-order valence-electron chi connectivity index (χ1n) is 2.00. The molecule has 0 N–H and O–H groups in total. The Morgan fingerprint density at radius 2 is 0.571 bits per heavy atom. The molecule has 0 aliphatic heterocycles. The van der Waals surface area contributed by atoms with Gasteiger partial charge in [0, 0.05) is 27.7 Å². The van der Waals surface area contributed by atoms with E-state index in [0.29, 0.717) is 0 Å². The van der Waals surface area contributed by atoms with Gasteiger partial charge in [0.05, 0.1) is 0 Å². The van der Waals surface area contributed by atoms with Crippen LogP contribution in [-0.2, 0) is 27.7 Å². The van der Waals surface area contributed by atoms with Crippen molar-refractivity contribution in [2.75, 3.05) is 0 Å². The second-order valence-corrected chi connectivity index (χ2v) is 1.15. The van der Waals surface area contributed by atoms with Crippen LogP contribution in [0.1, 0.15) is 0 Å². The molecule has 0 bridgehead atoms. The standard InChI is InChI=1S/C6H6.Hg/c1-2-4-6-5-3-1;/h1-6H;. The Morgan fingerprint density at radius 3 is 0.714 bits per heavy atom. The predicted octanol–water partition coefficient (Wildman–Crippen LogP) is 1.68. The zero-order chi connectivity index (χ0) is 4.24. The zero-order valence-electron chi connectivity index (χ0n) is 4.17. The Balaban J connectivity index is 0.000000360. The molecule has 1 aromatic carbocycles. The van der Waals surface area contributed by atoms with Crippen LogP contribution >= 0.6 is 0 Å². The first-order valence-corrected chi connectivity index (χ1v) is 2.00. The Bertz CT molecular complexity index is 76.1. The molecule has 0 spiro atoms. The average molecular weight is 279 g/mol. The monoisotopic (exact) mass is 280 g/mol. The maximum absolute atomic E-state index is 2.00. The normalized spacial score (nSPS) is 6.86. The Kier molecular flexibility index (Phi) is 4.41. The van der Waals surface area contributed by atoms with Crippen LogP contribution < -0.4 is 0 Å². The largest absolute Gasteiger partial charge is 0.0623 e. The van der Waals surface area contributed by atoms with E-state index in [1.807, 2.05) is 36.4 Å². The van der Waals surface area contributed by atoms with E-state index in [0.717, 1.165) is 0 Å². The van der Waals surface area contributed by atoms with Gasteiger partial charge in [-0.25, -0.2) is 0 Å². The summed E-state index contributed by atoms with van der Waals surface area (Å²) in [5, 5.41) is 0. The van der Waals surface area contributed by atoms with Gasteiger partial charge in [-0.1, -0.05) is 36.4 Å². The summed E-state index contributed by atoms with van der Waals surface area (Å²) in [5.74, 6) is 0. The third-order valence-electron chi connectivity index (χ3n) is 0.667. The summed E-state index contributed by atoms with van der Waals surface area (Å²) >= 11 is 0. The minimum atomic E-state index is 0. The quantitative estimate of drug-likeness (QED) is 0.634. The van der Waals surface area contributed by atoms with E-state index in [1.54, 1.807) is 0 Å². The van der Waals surface area contributed by atoms with Gasteiger partial charge >= 0.3 is 0 Å². The molecule has 0 atom stereocenters. The van der Waals surface area contributed by atoms with Crippen molar-refractivity contribution in [3.63, 3.8) is 0 Å². The molecule has 0 aliphatic carbocycles. The van der Waals surface area contributed by atoms with Gasteiger partial charge in [-0.15, -0.1) is 0 Å². The zero-order valence-corrected chi connectivity index (χ0v) is 9.67. The van der Waals surface area contributed by atoms with Crippen LogP contribution in [0.5, 0.6) is 0 Å². The van der Waals surface area contributed by atoms with E-state index >= 15 is 0 Å². The summed E-state index contributed by atoms with van der Waals surface area (Å²) < 4.78 is 0. The SMILES string of the molecule is [Hg].c1ccccc1. The molecule has 0 aromatic heterocycles. The minimum absolute atomic E-state index is 0. The van der Waals surface area contributed by atoms with Gasteiger partial charge in [0.2, 0.25) is 0 Å². The molecule has 0 aliphatic rings. The Morgan fingerprint density at radius 1 is 0.429 bits per heavy atom. The van der Waals surface area contributed by atoms with Crippen molar-refractivity contribution >= 4 is 0 Å². The molecule has 0 nitrogen and oxygen atoms in total. The maximum Gasteiger partial charge on any atom is 0 e. The smallest absolute Gasteiger partial charge is 0 e. The summed E-state index contributed by atoms with van der Waals surface area (Å²) in [6.07, 6.45) is 0. The molecule has 0 saturated carbocycles. The molecule has 0 heterocycles. The van der Waals surface area contributed by atoms with Crippen molar-refractivity contribution in [2.45, 2.75) is 0 Å². The summed E-state index contributed by atoms with van der Waals surface area (Å²) in [7, 11) is 0. The van der Waals surface area contributed by atoms with Gasteiger partial charge in [-0.05, 0) is 0 Å². The molecule has 0 unspecified atom stereocenters. The number of hydrogen-bond donors (Lipinski definition) is 0. The molecule has 0 saturated heterocycles. The fraction of sp³-hybridized carbons (Fsp3) is 0. The van der Waals surface area contributed by atoms with E-state index in [-0.39, 0.29) is 27.7 Å². The first-order chi connectivity index (χ1) is 3.00. The van der Waals surface area contributed by atoms with Crippen molar-refractivity contribution < 1.29 is 27.7 Å². The predicted molar refractivity (Wildman–Crippen MR) is 26.4 cm³/mol. The van der Waals surface area contributed by atoms with E-state index < -0.39 is 0 Å². The van der Waals surface area contributed by atoms with Gasteiger partial charge in [0.1, 0.15) is 0 Å². The van der Waals surface area contributed by atoms with Crippen molar-refractivity contribution in [2.24, 2.45) is 0 Å². The van der Waals surface area contributed by atoms with E-state index in [4.69, 9.17) is 0 Å². The Labute approximate surface area is 64.1 Å². The molecule has 0 amide bonds. The van der Waals surface area contributed by atoms with Crippen molar-refractivity contribution in [1.82, 2.24) is 0 Å². The van der Waals surface area contributed by atoms with E-state index in [1.165, 1.54) is 0 Å². The van der Waals surface area contributed by atoms with Gasteiger partial charge in [-0.3, -0.25) is 0 Å². The van der Waals surface area contributed by atoms with Gasteiger partial charge in [0.25, 0.3) is 0 Å². The molecular formula is C6H6Hg. The maximum atomic E-state index is 2.00. The summed E-state index contributed by atoms with van der Waals surface area (Å²) in [6.45, 7) is 0. The number of hydrogen-bond acceptors (Lipinski definition) is 0. The van der Waals surface area contributed by atoms with Crippen LogP contribution in [0.25, 0.3) is 0 Å². The molecule has 32 valence electrons. The van der Waals surface area contributed by atoms with Gasteiger partial charge in [0.15, 0.2) is 0 Å². The molecule has 0 fully saturated rings. The van der Waals surface area contributed by atoms with E-state index in [9.17, 15) is 0 Å². The van der Waals surface area contributed by atoms with Crippen LogP contribution in [-0.4, -0.2) is 0 Å². The third-order valence-corrected chi connectivity index (χ3v) is 0.667. The summed E-state index contributed by atoms with van der Waals surface area (Å²) in [4.78, 5) is 0. The molecule has 7 heavy (non-hydrogen) atoms. The van der Waals surface area contributed by atoms with Crippen LogP contribution in [0.2, 0.25) is 0 Å². The van der Waals surface area contributed by atoms with Crippen LogP contribution in [0.15, 0.2) is 36.4 Å². The second-order valence-electron chi connectivity index (χ2n) is 1.15. The van der Waals surface area contributed by atoms with Gasteiger partial charge in [-0.2, -0.15) is 0 Å². The fourth-order valence-corrected chi connectivity index (χ4v) is 0.385. The molecule has 1 heteroatoms. The molecular weight excluding hydrogens is 273 g/mol. The Hall–Kier alpha value is 0.155. The first kappa shape index (κ1) is 7.16. The van der Waals surface area contributed by atoms with Crippen LogP contribution in [0.4, 0.5) is 0 Å². The summed E-state index contributed by atoms with van der Waals surface area (Å²) in [6, 6.07) is 12.0. The van der Waals surface area contributed by atoms with Crippen LogP contribution in [0, 0.1) is 0 Å². The van der Waals surface area contributed by atoms with Crippen LogP contribution in [0.3, 0.4) is 0 Å². The second kappa shape index (κ2) is 4.32. The fourth-order valence-electron chi connectivity index (χ4n) is 0.385. The minimum Gasteiger partial charge on any atom is -0.0623 e. The molecule has 0 radical (unpaired) electrons. The topological polar surface area (TPSA) is 0 Å². The van der Waals surface area contributed by atoms with Gasteiger partial charge < -0.3 is 0 Å². The average Bonchev–Trinajstić information content (AvgIpc) is 1.72. The third kappa shape index (κ3) is 2.80. The molecule has 1 aromatic rings. The van der Waals surface area contributed by atoms with Crippen molar-refractivity contribution in [1.29, 1.82) is 0 Å². The number of benzene rings is 1. The van der Waals surface area contributed by atoms with Crippen molar-refractivity contribution in [3.05, 3.63) is 36.4 Å². The number of rotatable bonds is 0. The van der Waals surface area contributed by atoms with E-state index in [2.05, 4.69) is 0 Å².